The van der Waals surface area contributed by atoms with E-state index in [0.717, 1.165) is 22.3 Å². The number of urea groups is 1. The number of amides is 2. The van der Waals surface area contributed by atoms with E-state index in [1.807, 2.05) is 67.6 Å². The smallest absolute Gasteiger partial charge is 0.315 e. The summed E-state index contributed by atoms with van der Waals surface area (Å²) in [5, 5.41) is 7.08. The summed E-state index contributed by atoms with van der Waals surface area (Å²) >= 11 is 0. The molecule has 3 aromatic rings. The van der Waals surface area contributed by atoms with Gasteiger partial charge in [0.2, 0.25) is 0 Å². The molecule has 3 rings (SSSR count). The highest BCUT2D eigenvalue weighted by Gasteiger charge is 2.20. The van der Waals surface area contributed by atoms with Crippen LogP contribution >= 0.6 is 0 Å². The minimum Gasteiger partial charge on any atom is -0.459 e. The average Bonchev–Trinajstić information content (AvgIpc) is 3.04. The molecule has 0 saturated carbocycles. The molecule has 4 heteroatoms. The van der Waals surface area contributed by atoms with Gasteiger partial charge in [0.25, 0.3) is 0 Å². The first-order valence-electron chi connectivity index (χ1n) is 8.65. The van der Waals surface area contributed by atoms with Gasteiger partial charge in [0.1, 0.15) is 11.3 Å². The summed E-state index contributed by atoms with van der Waals surface area (Å²) in [6.45, 7) is 6.12. The Bertz CT molecular complexity index is 806. The monoisotopic (exact) mass is 336 g/mol. The lowest BCUT2D eigenvalue weighted by Crippen LogP contribution is -2.40. The Morgan fingerprint density at radius 1 is 0.920 bits per heavy atom. The van der Waals surface area contributed by atoms with Gasteiger partial charge in [-0.25, -0.2) is 4.79 Å². The molecule has 4 nitrogen and oxygen atoms in total. The summed E-state index contributed by atoms with van der Waals surface area (Å²) in [7, 11) is 0. The minimum absolute atomic E-state index is 0.0379. The average molecular weight is 336 g/mol. The van der Waals surface area contributed by atoms with E-state index in [4.69, 9.17) is 4.42 Å². The number of carbonyl (C=O) groups excluding carboxylic acids is 1. The van der Waals surface area contributed by atoms with E-state index < -0.39 is 0 Å². The molecule has 130 valence electrons. The number of hydrogen-bond acceptors (Lipinski definition) is 2. The third-order valence-electron chi connectivity index (χ3n) is 4.33. The molecule has 0 aliphatic rings. The number of carbonyl (C=O) groups is 1. The summed E-state index contributed by atoms with van der Waals surface area (Å²) in [6, 6.07) is 19.4. The molecule has 0 fully saturated rings. The fourth-order valence-electron chi connectivity index (χ4n) is 2.96. The minimum atomic E-state index is -0.212. The third kappa shape index (κ3) is 4.02. The summed E-state index contributed by atoms with van der Waals surface area (Å²) < 4.78 is 5.83. The summed E-state index contributed by atoms with van der Waals surface area (Å²) in [5.74, 6) is 1.03. The molecule has 25 heavy (non-hydrogen) atoms. The molecule has 0 aliphatic carbocycles. The molecular formula is C21H24N2O2. The van der Waals surface area contributed by atoms with Gasteiger partial charge in [-0.1, -0.05) is 62.4 Å². The number of nitrogens with one attached hydrogen (secondary N) is 2. The van der Waals surface area contributed by atoms with Gasteiger partial charge in [-0.15, -0.1) is 0 Å². The number of fused-ring (bicyclic) bond motifs is 1. The maximum atomic E-state index is 12.5. The fraction of sp³-hybridized carbons (Fsp3) is 0.286. The van der Waals surface area contributed by atoms with E-state index in [0.29, 0.717) is 0 Å². The zero-order valence-corrected chi connectivity index (χ0v) is 14.8. The number of benzene rings is 2. The molecule has 0 saturated heterocycles. The summed E-state index contributed by atoms with van der Waals surface area (Å²) in [6.07, 6.45) is 0. The van der Waals surface area contributed by atoms with Crippen LogP contribution in [0, 0.1) is 5.92 Å². The van der Waals surface area contributed by atoms with Gasteiger partial charge in [-0.3, -0.25) is 0 Å². The highest BCUT2D eigenvalue weighted by molar-refractivity contribution is 5.78. The molecule has 0 radical (unpaired) electrons. The van der Waals surface area contributed by atoms with E-state index in [1.165, 1.54) is 0 Å². The Labute approximate surface area is 148 Å². The molecule has 1 aromatic heterocycles. The van der Waals surface area contributed by atoms with Crippen LogP contribution in [0.1, 0.15) is 44.2 Å². The van der Waals surface area contributed by atoms with Crippen LogP contribution in [0.4, 0.5) is 4.79 Å². The second-order valence-corrected chi connectivity index (χ2v) is 6.66. The SMILES string of the molecule is CC(NC(=O)NC(c1ccccc1)C(C)C)c1cc2ccccc2o1. The van der Waals surface area contributed by atoms with Gasteiger partial charge < -0.3 is 15.1 Å². The van der Waals surface area contributed by atoms with Crippen LogP contribution in [0.3, 0.4) is 0 Å². The van der Waals surface area contributed by atoms with Crippen molar-refractivity contribution in [3.05, 3.63) is 72.0 Å². The molecular weight excluding hydrogens is 312 g/mol. The van der Waals surface area contributed by atoms with E-state index in [1.54, 1.807) is 0 Å². The van der Waals surface area contributed by atoms with E-state index in [9.17, 15) is 4.79 Å². The first-order valence-corrected chi connectivity index (χ1v) is 8.65. The van der Waals surface area contributed by atoms with Crippen molar-refractivity contribution in [1.82, 2.24) is 10.6 Å². The third-order valence-corrected chi connectivity index (χ3v) is 4.33. The second kappa shape index (κ2) is 7.43. The Morgan fingerprint density at radius 3 is 2.28 bits per heavy atom. The Balaban J connectivity index is 1.68. The van der Waals surface area contributed by atoms with Crippen LogP contribution in [0.2, 0.25) is 0 Å². The molecule has 2 unspecified atom stereocenters. The Hall–Kier alpha value is -2.75. The molecule has 1 heterocycles. The van der Waals surface area contributed by atoms with Crippen molar-refractivity contribution < 1.29 is 9.21 Å². The lowest BCUT2D eigenvalue weighted by atomic mass is 9.96. The van der Waals surface area contributed by atoms with Crippen molar-refractivity contribution in [2.45, 2.75) is 32.9 Å². The van der Waals surface area contributed by atoms with Gasteiger partial charge >= 0.3 is 6.03 Å². The largest absolute Gasteiger partial charge is 0.459 e. The van der Waals surface area contributed by atoms with Gasteiger partial charge in [-0.05, 0) is 30.5 Å². The molecule has 0 spiro atoms. The Morgan fingerprint density at radius 2 is 1.60 bits per heavy atom. The first-order chi connectivity index (χ1) is 12.0. The van der Waals surface area contributed by atoms with Crippen LogP contribution < -0.4 is 10.6 Å². The highest BCUT2D eigenvalue weighted by Crippen LogP contribution is 2.24. The predicted octanol–water partition coefficient (Wildman–Crippen LogP) is 5.19. The van der Waals surface area contributed by atoms with Crippen LogP contribution in [0.5, 0.6) is 0 Å². The molecule has 2 N–H and O–H groups in total. The molecule has 0 bridgehead atoms. The van der Waals surface area contributed by atoms with Gasteiger partial charge in [-0.2, -0.15) is 0 Å². The van der Waals surface area contributed by atoms with Crippen molar-refractivity contribution in [3.63, 3.8) is 0 Å². The van der Waals surface area contributed by atoms with Crippen molar-refractivity contribution in [2.24, 2.45) is 5.92 Å². The van der Waals surface area contributed by atoms with Crippen LogP contribution in [0.25, 0.3) is 11.0 Å². The Kier molecular flexibility index (Phi) is 5.08. The number of hydrogen-bond donors (Lipinski definition) is 2. The molecule has 0 aliphatic heterocycles. The maximum Gasteiger partial charge on any atom is 0.315 e. The van der Waals surface area contributed by atoms with Crippen molar-refractivity contribution in [3.8, 4) is 0 Å². The lowest BCUT2D eigenvalue weighted by molar-refractivity contribution is 0.228. The van der Waals surface area contributed by atoms with E-state index in [2.05, 4.69) is 24.5 Å². The predicted molar refractivity (Wildman–Crippen MR) is 100 cm³/mol. The van der Waals surface area contributed by atoms with Crippen LogP contribution in [0.15, 0.2) is 65.1 Å². The van der Waals surface area contributed by atoms with E-state index >= 15 is 0 Å². The van der Waals surface area contributed by atoms with Crippen LogP contribution in [-0.4, -0.2) is 6.03 Å². The first kappa shape index (κ1) is 17.1. The summed E-state index contributed by atoms with van der Waals surface area (Å²) in [4.78, 5) is 12.5. The molecule has 2 atom stereocenters. The zero-order chi connectivity index (χ0) is 17.8. The quantitative estimate of drug-likeness (QED) is 0.673. The normalized spacial score (nSPS) is 13.6. The fourth-order valence-corrected chi connectivity index (χ4v) is 2.96. The van der Waals surface area contributed by atoms with Crippen molar-refractivity contribution >= 4 is 17.0 Å². The van der Waals surface area contributed by atoms with Crippen molar-refractivity contribution in [1.29, 1.82) is 0 Å². The van der Waals surface area contributed by atoms with Crippen molar-refractivity contribution in [2.75, 3.05) is 0 Å². The van der Waals surface area contributed by atoms with Gasteiger partial charge in [0.15, 0.2) is 0 Å². The van der Waals surface area contributed by atoms with E-state index in [-0.39, 0.29) is 24.0 Å². The van der Waals surface area contributed by atoms with Crippen LogP contribution in [-0.2, 0) is 0 Å². The zero-order valence-electron chi connectivity index (χ0n) is 14.8. The van der Waals surface area contributed by atoms with Gasteiger partial charge in [0, 0.05) is 5.39 Å². The molecule has 2 aromatic carbocycles. The number of furan rings is 1. The second-order valence-electron chi connectivity index (χ2n) is 6.66. The standard InChI is InChI=1S/C21H24N2O2/c1-14(2)20(16-9-5-4-6-10-16)23-21(24)22-15(3)19-13-17-11-7-8-12-18(17)25-19/h4-15,20H,1-3H3,(H2,22,23,24). The summed E-state index contributed by atoms with van der Waals surface area (Å²) in [5.41, 5.74) is 1.93. The maximum absolute atomic E-state index is 12.5. The number of rotatable bonds is 5. The topological polar surface area (TPSA) is 54.3 Å². The number of para-hydroxylation sites is 1. The lowest BCUT2D eigenvalue weighted by Gasteiger charge is -2.24. The van der Waals surface area contributed by atoms with Gasteiger partial charge in [0.05, 0.1) is 12.1 Å². The molecule has 2 amide bonds. The highest BCUT2D eigenvalue weighted by atomic mass is 16.3.